The maximum atomic E-state index is 13.4. The number of aromatic nitrogens is 3. The predicted octanol–water partition coefficient (Wildman–Crippen LogP) is 5.58. The van der Waals surface area contributed by atoms with Gasteiger partial charge in [0, 0.05) is 40.3 Å². The van der Waals surface area contributed by atoms with Crippen molar-refractivity contribution in [1.29, 1.82) is 0 Å². The highest BCUT2D eigenvalue weighted by atomic mass is 32.1. The summed E-state index contributed by atoms with van der Waals surface area (Å²) in [6.07, 6.45) is 1.98. The number of benzene rings is 2. The number of rotatable bonds is 7. The maximum absolute atomic E-state index is 13.4. The zero-order valence-corrected chi connectivity index (χ0v) is 19.1. The lowest BCUT2D eigenvalue weighted by molar-refractivity contribution is 0.0741. The molecule has 1 amide bonds. The number of nitrogens with one attached hydrogen (secondary N) is 2. The Morgan fingerprint density at radius 2 is 1.88 bits per heavy atom. The van der Waals surface area contributed by atoms with Gasteiger partial charge in [-0.2, -0.15) is 0 Å². The quantitative estimate of drug-likeness (QED) is 0.336. The maximum Gasteiger partial charge on any atom is 0.276 e. The topological polar surface area (TPSA) is 81.8 Å². The molecule has 5 rings (SSSR count). The van der Waals surface area contributed by atoms with Crippen LogP contribution in [0.2, 0.25) is 0 Å². The summed E-state index contributed by atoms with van der Waals surface area (Å²) < 4.78 is 0. The number of fused-ring (bicyclic) bond motifs is 2. The summed E-state index contributed by atoms with van der Waals surface area (Å²) in [5, 5.41) is 4.65. The van der Waals surface area contributed by atoms with Gasteiger partial charge in [-0.25, -0.2) is 4.98 Å². The van der Waals surface area contributed by atoms with E-state index in [1.807, 2.05) is 70.3 Å². The van der Waals surface area contributed by atoms with E-state index in [0.29, 0.717) is 30.0 Å². The molecule has 0 fully saturated rings. The first kappa shape index (κ1) is 21.2. The first-order valence-corrected chi connectivity index (χ1v) is 12.0. The minimum atomic E-state index is -0.239. The van der Waals surface area contributed by atoms with Crippen LogP contribution in [0.15, 0.2) is 70.2 Å². The van der Waals surface area contributed by atoms with Crippen molar-refractivity contribution < 1.29 is 4.79 Å². The van der Waals surface area contributed by atoms with Crippen LogP contribution >= 0.6 is 11.3 Å². The van der Waals surface area contributed by atoms with Crippen molar-refractivity contribution in [2.24, 2.45) is 0 Å². The van der Waals surface area contributed by atoms with E-state index in [4.69, 9.17) is 0 Å². The monoisotopic (exact) mass is 456 g/mol. The number of carbonyl (C=O) groups excluding carboxylic acids is 1. The van der Waals surface area contributed by atoms with Gasteiger partial charge in [0.25, 0.3) is 11.5 Å². The van der Waals surface area contributed by atoms with Crippen molar-refractivity contribution in [1.82, 2.24) is 19.9 Å². The first-order chi connectivity index (χ1) is 16.1. The third kappa shape index (κ3) is 4.32. The molecular weight excluding hydrogens is 432 g/mol. The zero-order chi connectivity index (χ0) is 22.8. The largest absolute Gasteiger partial charge is 0.353 e. The Labute approximate surface area is 194 Å². The van der Waals surface area contributed by atoms with Crippen molar-refractivity contribution in [3.8, 4) is 11.4 Å². The Morgan fingerprint density at radius 3 is 2.70 bits per heavy atom. The molecule has 3 heterocycles. The number of amides is 1. The molecule has 0 aliphatic rings. The van der Waals surface area contributed by atoms with Gasteiger partial charge in [-0.15, -0.1) is 11.3 Å². The zero-order valence-electron chi connectivity index (χ0n) is 18.3. The average Bonchev–Trinajstić information content (AvgIpc) is 3.47. The second-order valence-electron chi connectivity index (χ2n) is 8.14. The molecule has 7 heteroatoms. The molecule has 0 aliphatic carbocycles. The number of nitrogens with zero attached hydrogens (tertiary/aromatic N) is 2. The Kier molecular flexibility index (Phi) is 5.79. The Balaban J connectivity index is 1.47. The number of aromatic amines is 2. The Morgan fingerprint density at radius 1 is 1.03 bits per heavy atom. The van der Waals surface area contributed by atoms with Gasteiger partial charge in [0.15, 0.2) is 5.69 Å². The van der Waals surface area contributed by atoms with Crippen LogP contribution in [0.3, 0.4) is 0 Å². The van der Waals surface area contributed by atoms with Gasteiger partial charge >= 0.3 is 0 Å². The van der Waals surface area contributed by atoms with E-state index in [1.165, 1.54) is 11.3 Å². The summed E-state index contributed by atoms with van der Waals surface area (Å²) in [7, 11) is 0. The molecule has 2 aromatic carbocycles. The number of carbonyl (C=O) groups is 1. The van der Waals surface area contributed by atoms with Crippen molar-refractivity contribution in [2.45, 2.75) is 26.3 Å². The van der Waals surface area contributed by atoms with Gasteiger partial charge in [0.05, 0.1) is 16.7 Å². The molecule has 166 valence electrons. The second-order valence-corrected chi connectivity index (χ2v) is 8.88. The third-order valence-corrected chi connectivity index (χ3v) is 6.48. The molecular formula is C26H24N4O2S. The fraction of sp³-hybridized carbons (Fsp3) is 0.192. The van der Waals surface area contributed by atoms with Crippen molar-refractivity contribution in [3.63, 3.8) is 0 Å². The highest BCUT2D eigenvalue weighted by molar-refractivity contribution is 7.09. The van der Waals surface area contributed by atoms with Crippen LogP contribution in [0.4, 0.5) is 0 Å². The lowest BCUT2D eigenvalue weighted by Crippen LogP contribution is -2.31. The van der Waals surface area contributed by atoms with E-state index in [9.17, 15) is 9.59 Å². The molecule has 33 heavy (non-hydrogen) atoms. The van der Waals surface area contributed by atoms with Gasteiger partial charge in [-0.1, -0.05) is 43.7 Å². The molecule has 0 bridgehead atoms. The molecule has 0 radical (unpaired) electrons. The van der Waals surface area contributed by atoms with Crippen LogP contribution in [0.1, 0.15) is 35.7 Å². The predicted molar refractivity (Wildman–Crippen MR) is 134 cm³/mol. The number of thiophene rings is 1. The number of unbranched alkanes of at least 4 members (excludes halogenated alkanes) is 1. The highest BCUT2D eigenvalue weighted by Crippen LogP contribution is 2.24. The summed E-state index contributed by atoms with van der Waals surface area (Å²) in [6, 6.07) is 17.6. The molecule has 0 saturated carbocycles. The summed E-state index contributed by atoms with van der Waals surface area (Å²) >= 11 is 1.50. The van der Waals surface area contributed by atoms with Crippen LogP contribution < -0.4 is 5.56 Å². The van der Waals surface area contributed by atoms with Crippen molar-refractivity contribution in [3.05, 3.63) is 86.8 Å². The van der Waals surface area contributed by atoms with Crippen molar-refractivity contribution >= 4 is 39.2 Å². The molecule has 0 unspecified atom stereocenters. The molecule has 0 atom stereocenters. The number of H-pyrrole nitrogens is 2. The smallest absolute Gasteiger partial charge is 0.276 e. The van der Waals surface area contributed by atoms with Gasteiger partial charge in [-0.3, -0.25) is 9.59 Å². The third-order valence-electron chi connectivity index (χ3n) is 5.74. The second kappa shape index (κ2) is 9.03. The van der Waals surface area contributed by atoms with Gasteiger partial charge in [0.2, 0.25) is 0 Å². The van der Waals surface area contributed by atoms with Gasteiger partial charge < -0.3 is 14.9 Å². The van der Waals surface area contributed by atoms with E-state index >= 15 is 0 Å². The van der Waals surface area contributed by atoms with Gasteiger partial charge in [-0.05, 0) is 36.2 Å². The Bertz CT molecular complexity index is 1480. The van der Waals surface area contributed by atoms with Crippen LogP contribution in [0.25, 0.3) is 33.3 Å². The highest BCUT2D eigenvalue weighted by Gasteiger charge is 2.18. The molecule has 2 N–H and O–H groups in total. The molecule has 0 spiro atoms. The summed E-state index contributed by atoms with van der Waals surface area (Å²) in [5.41, 5.74) is 4.85. The van der Waals surface area contributed by atoms with E-state index in [0.717, 1.165) is 40.3 Å². The molecule has 0 aliphatic heterocycles. The minimum absolute atomic E-state index is 0.00705. The lowest BCUT2D eigenvalue weighted by atomic mass is 10.1. The molecule has 0 saturated heterocycles. The fourth-order valence-corrected chi connectivity index (χ4v) is 4.68. The van der Waals surface area contributed by atoms with E-state index in [2.05, 4.69) is 21.9 Å². The Hall–Kier alpha value is -3.71. The molecule has 3 aromatic heterocycles. The van der Waals surface area contributed by atoms with Crippen LogP contribution in [0, 0.1) is 0 Å². The van der Waals surface area contributed by atoms with Crippen LogP contribution in [-0.2, 0) is 6.54 Å². The standard InChI is InChI=1S/C26H24N4O2S/c1-2-3-11-30(14-17-7-5-4-6-8-17)26(32)18-9-10-20-19(12-18)13-21(27-20)24-25(31)29-23-16-33-15-22(23)28-24/h4-10,12-13,15-16,27H,2-3,11,14H2,1H3,(H,29,31). The van der Waals surface area contributed by atoms with E-state index in [1.54, 1.807) is 0 Å². The summed E-state index contributed by atoms with van der Waals surface area (Å²) in [6.45, 7) is 3.42. The summed E-state index contributed by atoms with van der Waals surface area (Å²) in [5.74, 6) is 0.00705. The van der Waals surface area contributed by atoms with E-state index < -0.39 is 0 Å². The normalized spacial score (nSPS) is 11.3. The molecule has 5 aromatic rings. The fourth-order valence-electron chi connectivity index (χ4n) is 3.99. The van der Waals surface area contributed by atoms with E-state index in [-0.39, 0.29) is 11.5 Å². The number of hydrogen-bond donors (Lipinski definition) is 2. The SMILES string of the molecule is CCCCN(Cc1ccccc1)C(=O)c1ccc2[nH]c(-c3nc4cscc4[nH]c3=O)cc2c1. The summed E-state index contributed by atoms with van der Waals surface area (Å²) in [4.78, 5) is 38.5. The first-order valence-electron chi connectivity index (χ1n) is 11.0. The lowest BCUT2D eigenvalue weighted by Gasteiger charge is -2.23. The molecule has 6 nitrogen and oxygen atoms in total. The van der Waals surface area contributed by atoms with Crippen LogP contribution in [-0.4, -0.2) is 32.3 Å². The minimum Gasteiger partial charge on any atom is -0.353 e. The van der Waals surface area contributed by atoms with Gasteiger partial charge in [0.1, 0.15) is 0 Å². The average molecular weight is 457 g/mol. The number of hydrogen-bond acceptors (Lipinski definition) is 4. The van der Waals surface area contributed by atoms with Crippen molar-refractivity contribution in [2.75, 3.05) is 6.54 Å². The van der Waals surface area contributed by atoms with Crippen LogP contribution in [0.5, 0.6) is 0 Å².